The largest absolute Gasteiger partial charge is 0.401 e. The van der Waals surface area contributed by atoms with E-state index in [9.17, 15) is 18.0 Å². The monoisotopic (exact) mass is 289 g/mol. The van der Waals surface area contributed by atoms with Gasteiger partial charge < -0.3 is 10.3 Å². The third-order valence-electron chi connectivity index (χ3n) is 3.44. The minimum Gasteiger partial charge on any atom is -0.367 e. The molecule has 20 heavy (non-hydrogen) atoms. The standard InChI is InChI=1S/C13H18F3N3O/c1-9-5-17-6-11(9)12(20)18-10-3-2-4-19(7-10)8-13(14,15)16/h5-6,10,17H,2-4,7-8H2,1H3,(H,18,20)/t10-/m1/s1. The van der Waals surface area contributed by atoms with Crippen LogP contribution in [0, 0.1) is 6.92 Å². The van der Waals surface area contributed by atoms with Crippen molar-refractivity contribution in [3.05, 3.63) is 23.5 Å². The van der Waals surface area contributed by atoms with Crippen LogP contribution in [0.2, 0.25) is 0 Å². The molecule has 0 saturated carbocycles. The zero-order valence-electron chi connectivity index (χ0n) is 11.3. The van der Waals surface area contributed by atoms with Gasteiger partial charge in [0.05, 0.1) is 12.1 Å². The Morgan fingerprint density at radius 1 is 1.50 bits per heavy atom. The maximum absolute atomic E-state index is 12.4. The molecule has 1 aliphatic rings. The first-order valence-electron chi connectivity index (χ1n) is 6.58. The number of aryl methyl sites for hydroxylation is 1. The molecule has 1 amide bonds. The predicted octanol–water partition coefficient (Wildman–Crippen LogP) is 2.08. The van der Waals surface area contributed by atoms with E-state index >= 15 is 0 Å². The Hall–Kier alpha value is -1.50. The third kappa shape index (κ3) is 4.00. The molecule has 2 N–H and O–H groups in total. The molecule has 1 aromatic heterocycles. The SMILES string of the molecule is Cc1c[nH]cc1C(=O)N[C@@H]1CCCN(CC(F)(F)F)C1. The number of carbonyl (C=O) groups excluding carboxylic acids is 1. The first kappa shape index (κ1) is 14.9. The summed E-state index contributed by atoms with van der Waals surface area (Å²) < 4.78 is 37.1. The van der Waals surface area contributed by atoms with E-state index in [1.165, 1.54) is 4.90 Å². The highest BCUT2D eigenvalue weighted by Crippen LogP contribution is 2.20. The van der Waals surface area contributed by atoms with Crippen LogP contribution in [-0.4, -0.2) is 47.6 Å². The van der Waals surface area contributed by atoms with E-state index in [4.69, 9.17) is 0 Å². The maximum Gasteiger partial charge on any atom is 0.401 e. The first-order valence-corrected chi connectivity index (χ1v) is 6.58. The maximum atomic E-state index is 12.4. The van der Waals surface area contributed by atoms with Crippen LogP contribution >= 0.6 is 0 Å². The van der Waals surface area contributed by atoms with Gasteiger partial charge in [0.2, 0.25) is 0 Å². The zero-order valence-corrected chi connectivity index (χ0v) is 11.3. The van der Waals surface area contributed by atoms with Crippen molar-refractivity contribution >= 4 is 5.91 Å². The highest BCUT2D eigenvalue weighted by Gasteiger charge is 2.33. The van der Waals surface area contributed by atoms with Crippen LogP contribution in [0.4, 0.5) is 13.2 Å². The van der Waals surface area contributed by atoms with Crippen molar-refractivity contribution in [3.8, 4) is 0 Å². The molecular weight excluding hydrogens is 271 g/mol. The fourth-order valence-corrected chi connectivity index (χ4v) is 2.52. The van der Waals surface area contributed by atoms with Gasteiger partial charge >= 0.3 is 6.18 Å². The normalized spacial score (nSPS) is 20.9. The van der Waals surface area contributed by atoms with Crippen molar-refractivity contribution in [1.29, 1.82) is 0 Å². The van der Waals surface area contributed by atoms with Gasteiger partial charge in [-0.1, -0.05) is 0 Å². The summed E-state index contributed by atoms with van der Waals surface area (Å²) >= 11 is 0. The first-order chi connectivity index (χ1) is 9.35. The van der Waals surface area contributed by atoms with E-state index < -0.39 is 12.7 Å². The summed E-state index contributed by atoms with van der Waals surface area (Å²) in [7, 11) is 0. The summed E-state index contributed by atoms with van der Waals surface area (Å²) in [5.41, 5.74) is 1.36. The summed E-state index contributed by atoms with van der Waals surface area (Å²) in [5.74, 6) is -0.234. The lowest BCUT2D eigenvalue weighted by molar-refractivity contribution is -0.148. The molecule has 1 aromatic rings. The number of H-pyrrole nitrogens is 1. The van der Waals surface area contributed by atoms with Crippen molar-refractivity contribution in [2.75, 3.05) is 19.6 Å². The van der Waals surface area contributed by atoms with Gasteiger partial charge in [-0.15, -0.1) is 0 Å². The number of nitrogens with one attached hydrogen (secondary N) is 2. The molecule has 1 atom stereocenters. The molecule has 0 bridgehead atoms. The average Bonchev–Trinajstić information content (AvgIpc) is 2.73. The second-order valence-electron chi connectivity index (χ2n) is 5.21. The summed E-state index contributed by atoms with van der Waals surface area (Å²) in [6.07, 6.45) is 0.493. The zero-order chi connectivity index (χ0) is 14.8. The summed E-state index contributed by atoms with van der Waals surface area (Å²) in [6, 6.07) is -0.229. The van der Waals surface area contributed by atoms with Crippen LogP contribution in [0.1, 0.15) is 28.8 Å². The van der Waals surface area contributed by atoms with Crippen LogP contribution in [0.15, 0.2) is 12.4 Å². The summed E-state index contributed by atoms with van der Waals surface area (Å²) in [4.78, 5) is 16.2. The quantitative estimate of drug-likeness (QED) is 0.895. The average molecular weight is 289 g/mol. The number of carbonyl (C=O) groups is 1. The predicted molar refractivity (Wildman–Crippen MR) is 68.5 cm³/mol. The Morgan fingerprint density at radius 2 is 2.25 bits per heavy atom. The molecule has 112 valence electrons. The van der Waals surface area contributed by atoms with Crippen LogP contribution in [0.3, 0.4) is 0 Å². The highest BCUT2D eigenvalue weighted by molar-refractivity contribution is 5.95. The number of alkyl halides is 3. The van der Waals surface area contributed by atoms with Gasteiger partial charge in [-0.2, -0.15) is 13.2 Å². The van der Waals surface area contributed by atoms with Crippen LogP contribution in [-0.2, 0) is 0 Å². The fourth-order valence-electron chi connectivity index (χ4n) is 2.52. The minimum absolute atomic E-state index is 0.229. The van der Waals surface area contributed by atoms with Gasteiger partial charge in [-0.3, -0.25) is 9.69 Å². The number of hydrogen-bond donors (Lipinski definition) is 2. The molecule has 1 aliphatic heterocycles. The van der Waals surface area contributed by atoms with Crippen LogP contribution in [0.5, 0.6) is 0 Å². The molecule has 2 heterocycles. The molecular formula is C13H18F3N3O. The number of piperidine rings is 1. The number of aromatic nitrogens is 1. The Morgan fingerprint density at radius 3 is 2.85 bits per heavy atom. The molecule has 2 rings (SSSR count). The van der Waals surface area contributed by atoms with Crippen molar-refractivity contribution in [2.45, 2.75) is 32.0 Å². The number of amides is 1. The van der Waals surface area contributed by atoms with E-state index in [1.807, 2.05) is 6.92 Å². The number of aromatic amines is 1. The molecule has 7 heteroatoms. The van der Waals surface area contributed by atoms with E-state index in [-0.39, 0.29) is 18.5 Å². The van der Waals surface area contributed by atoms with Crippen LogP contribution in [0.25, 0.3) is 0 Å². The summed E-state index contributed by atoms with van der Waals surface area (Å²) in [5, 5.41) is 2.81. The van der Waals surface area contributed by atoms with E-state index in [0.29, 0.717) is 24.9 Å². The molecule has 1 saturated heterocycles. The molecule has 0 aliphatic carbocycles. The number of rotatable bonds is 3. The lowest BCUT2D eigenvalue weighted by Crippen LogP contribution is -2.50. The second-order valence-corrected chi connectivity index (χ2v) is 5.21. The molecule has 4 nitrogen and oxygen atoms in total. The topological polar surface area (TPSA) is 48.1 Å². The van der Waals surface area contributed by atoms with Gasteiger partial charge in [0.1, 0.15) is 0 Å². The molecule has 1 fully saturated rings. The Balaban J connectivity index is 1.90. The second kappa shape index (κ2) is 5.87. The van der Waals surface area contributed by atoms with Crippen molar-refractivity contribution in [1.82, 2.24) is 15.2 Å². The van der Waals surface area contributed by atoms with E-state index in [2.05, 4.69) is 10.3 Å². The van der Waals surface area contributed by atoms with E-state index in [0.717, 1.165) is 5.56 Å². The van der Waals surface area contributed by atoms with Gasteiger partial charge in [0.15, 0.2) is 0 Å². The molecule has 0 aromatic carbocycles. The van der Waals surface area contributed by atoms with Crippen LogP contribution < -0.4 is 5.32 Å². The van der Waals surface area contributed by atoms with Gasteiger partial charge in [-0.05, 0) is 31.9 Å². The number of likely N-dealkylation sites (tertiary alicyclic amines) is 1. The molecule has 0 unspecified atom stereocenters. The lowest BCUT2D eigenvalue weighted by Gasteiger charge is -2.33. The number of nitrogens with zero attached hydrogens (tertiary/aromatic N) is 1. The lowest BCUT2D eigenvalue weighted by atomic mass is 10.0. The third-order valence-corrected chi connectivity index (χ3v) is 3.44. The molecule has 0 spiro atoms. The highest BCUT2D eigenvalue weighted by atomic mass is 19.4. The molecule has 0 radical (unpaired) electrons. The smallest absolute Gasteiger partial charge is 0.367 e. The fraction of sp³-hybridized carbons (Fsp3) is 0.615. The Labute approximate surface area is 115 Å². The van der Waals surface area contributed by atoms with Crippen molar-refractivity contribution in [3.63, 3.8) is 0 Å². The number of hydrogen-bond acceptors (Lipinski definition) is 2. The van der Waals surface area contributed by atoms with Gasteiger partial charge in [0, 0.05) is 25.0 Å². The summed E-state index contributed by atoms with van der Waals surface area (Å²) in [6.45, 7) is 1.56. The van der Waals surface area contributed by atoms with Gasteiger partial charge in [-0.25, -0.2) is 0 Å². The van der Waals surface area contributed by atoms with E-state index in [1.54, 1.807) is 12.4 Å². The Bertz CT molecular complexity index is 470. The Kier molecular flexibility index (Phi) is 4.37. The van der Waals surface area contributed by atoms with Gasteiger partial charge in [0.25, 0.3) is 5.91 Å². The minimum atomic E-state index is -4.19. The van der Waals surface area contributed by atoms with Crippen molar-refractivity contribution in [2.24, 2.45) is 0 Å². The number of halogens is 3. The van der Waals surface area contributed by atoms with Crippen molar-refractivity contribution < 1.29 is 18.0 Å².